The Labute approximate surface area is 92.0 Å². The first-order valence-corrected chi connectivity index (χ1v) is 4.60. The minimum Gasteiger partial charge on any atom is -0.465 e. The molecule has 0 aromatic carbocycles. The normalized spacial score (nSPS) is 13.4. The van der Waals surface area contributed by atoms with Crippen LogP contribution in [0, 0.1) is 0 Å². The number of hydrogen-bond donors (Lipinski definition) is 0. The lowest BCUT2D eigenvalue weighted by Gasteiger charge is -2.08. The second-order valence-corrected chi connectivity index (χ2v) is 2.91. The predicted octanol–water partition coefficient (Wildman–Crippen LogP) is 1.48. The van der Waals surface area contributed by atoms with Crippen molar-refractivity contribution in [1.29, 1.82) is 0 Å². The number of nitrogens with zero attached hydrogens (tertiary/aromatic N) is 1. The highest BCUT2D eigenvalue weighted by Crippen LogP contribution is 2.08. The van der Waals surface area contributed by atoms with Gasteiger partial charge in [-0.3, -0.25) is 4.98 Å². The monoisotopic (exact) mass is 219 g/mol. The van der Waals surface area contributed by atoms with E-state index in [2.05, 4.69) is 4.98 Å². The molecule has 0 amide bonds. The molecule has 1 aromatic heterocycles. The number of carbonyl (C=O) groups excluding carboxylic acids is 1. The van der Waals surface area contributed by atoms with Crippen molar-refractivity contribution in [3.05, 3.63) is 54.6 Å². The molecule has 1 aromatic rings. The Morgan fingerprint density at radius 3 is 3.00 bits per heavy atom. The van der Waals surface area contributed by atoms with Gasteiger partial charge in [0.15, 0.2) is 0 Å². The molecule has 1 aliphatic heterocycles. The molecule has 0 fully saturated rings. The average Bonchev–Trinajstić information content (AvgIpc) is 2.38. The number of carbonyl (C=O) groups is 1. The third-order valence-electron chi connectivity index (χ3n) is 1.78. The van der Waals surface area contributed by atoms with E-state index >= 15 is 0 Å². The van der Waals surface area contributed by atoms with Crippen molar-refractivity contribution in [1.82, 2.24) is 4.98 Å². The van der Waals surface area contributed by atoms with E-state index in [-0.39, 0.29) is 12.4 Å². The topological polar surface area (TPSA) is 57.7 Å². The van der Waals surface area contributed by atoms with Gasteiger partial charge in [0.25, 0.3) is 0 Å². The summed E-state index contributed by atoms with van der Waals surface area (Å²) in [6, 6.07) is 5.37. The zero-order valence-corrected chi connectivity index (χ0v) is 8.33. The molecule has 2 rings (SSSR count). The first kappa shape index (κ1) is 10.2. The highest BCUT2D eigenvalue weighted by molar-refractivity contribution is 5.86. The zero-order valence-electron chi connectivity index (χ0n) is 8.33. The minimum absolute atomic E-state index is 0.0124. The maximum atomic E-state index is 11.4. The third-order valence-corrected chi connectivity index (χ3v) is 1.78. The van der Waals surface area contributed by atoms with Crippen molar-refractivity contribution in [2.24, 2.45) is 0 Å². The van der Waals surface area contributed by atoms with Gasteiger partial charge in [-0.2, -0.15) is 0 Å². The molecule has 0 saturated carbocycles. The molecule has 0 saturated heterocycles. The zero-order chi connectivity index (χ0) is 11.2. The van der Waals surface area contributed by atoms with Crippen LogP contribution in [0.3, 0.4) is 0 Å². The first-order chi connectivity index (χ1) is 7.86. The highest BCUT2D eigenvalue weighted by Gasteiger charge is 2.14. The molecule has 0 bridgehead atoms. The fourth-order valence-corrected chi connectivity index (χ4v) is 1.05. The summed E-state index contributed by atoms with van der Waals surface area (Å²) in [7, 11) is 0. The van der Waals surface area contributed by atoms with Crippen molar-refractivity contribution in [3.63, 3.8) is 0 Å². The van der Waals surface area contributed by atoms with Crippen molar-refractivity contribution in [2.75, 3.05) is 0 Å². The lowest BCUT2D eigenvalue weighted by atomic mass is 10.4. The van der Waals surface area contributed by atoms with E-state index in [1.807, 2.05) is 6.07 Å². The standard InChI is InChI=1S/C11H9NO4/c13-11(10-8-14-5-6-15-10)16-7-9-3-1-2-4-12-9/h1-6,8H,7H2. The molecule has 0 aliphatic carbocycles. The van der Waals surface area contributed by atoms with Gasteiger partial charge in [-0.1, -0.05) is 6.07 Å². The number of pyridine rings is 1. The largest absolute Gasteiger partial charge is 0.465 e. The summed E-state index contributed by atoms with van der Waals surface area (Å²) in [6.45, 7) is 0.101. The Balaban J connectivity index is 1.87. The molecule has 0 spiro atoms. The van der Waals surface area contributed by atoms with Crippen LogP contribution in [0.1, 0.15) is 5.69 Å². The Morgan fingerprint density at radius 1 is 1.38 bits per heavy atom. The minimum atomic E-state index is -0.588. The van der Waals surface area contributed by atoms with Crippen LogP contribution in [-0.2, 0) is 25.6 Å². The molecule has 0 unspecified atom stereocenters. The van der Waals surface area contributed by atoms with E-state index in [1.165, 1.54) is 18.8 Å². The lowest BCUT2D eigenvalue weighted by Crippen LogP contribution is -2.11. The van der Waals surface area contributed by atoms with E-state index < -0.39 is 5.97 Å². The number of aromatic nitrogens is 1. The van der Waals surface area contributed by atoms with Gasteiger partial charge in [0.05, 0.1) is 5.69 Å². The Morgan fingerprint density at radius 2 is 2.31 bits per heavy atom. The summed E-state index contributed by atoms with van der Waals surface area (Å²) in [4.78, 5) is 15.4. The summed E-state index contributed by atoms with van der Waals surface area (Å²) < 4.78 is 14.6. The molecule has 16 heavy (non-hydrogen) atoms. The van der Waals surface area contributed by atoms with Gasteiger partial charge in [-0.25, -0.2) is 4.79 Å². The maximum Gasteiger partial charge on any atom is 0.377 e. The lowest BCUT2D eigenvalue weighted by molar-refractivity contribution is -0.144. The van der Waals surface area contributed by atoms with E-state index in [1.54, 1.807) is 18.3 Å². The van der Waals surface area contributed by atoms with Crippen LogP contribution in [0.5, 0.6) is 0 Å². The maximum absolute atomic E-state index is 11.4. The van der Waals surface area contributed by atoms with Crippen LogP contribution in [0.25, 0.3) is 0 Å². The third kappa shape index (κ3) is 2.60. The highest BCUT2D eigenvalue weighted by atomic mass is 16.6. The Hall–Kier alpha value is -2.30. The Kier molecular flexibility index (Phi) is 3.18. The van der Waals surface area contributed by atoms with Gasteiger partial charge in [-0.05, 0) is 12.1 Å². The van der Waals surface area contributed by atoms with E-state index in [4.69, 9.17) is 14.2 Å². The summed E-state index contributed by atoms with van der Waals surface area (Å²) in [5.74, 6) is -0.576. The smallest absolute Gasteiger partial charge is 0.377 e. The van der Waals surface area contributed by atoms with Crippen LogP contribution in [0.4, 0.5) is 0 Å². The van der Waals surface area contributed by atoms with Gasteiger partial charge in [-0.15, -0.1) is 0 Å². The molecule has 0 radical (unpaired) electrons. The van der Waals surface area contributed by atoms with Crippen LogP contribution in [0.2, 0.25) is 0 Å². The van der Waals surface area contributed by atoms with E-state index in [0.29, 0.717) is 5.69 Å². The molecular formula is C11H9NO4. The van der Waals surface area contributed by atoms with E-state index in [9.17, 15) is 4.79 Å². The molecule has 2 heterocycles. The van der Waals surface area contributed by atoms with Crippen LogP contribution < -0.4 is 0 Å². The predicted molar refractivity (Wildman–Crippen MR) is 53.4 cm³/mol. The van der Waals surface area contributed by atoms with Gasteiger partial charge in [0, 0.05) is 6.20 Å². The van der Waals surface area contributed by atoms with E-state index in [0.717, 1.165) is 0 Å². The van der Waals surface area contributed by atoms with Gasteiger partial charge < -0.3 is 14.2 Å². The molecule has 1 aliphatic rings. The molecule has 5 heteroatoms. The number of hydrogen-bond acceptors (Lipinski definition) is 5. The van der Waals surface area contributed by atoms with Gasteiger partial charge in [0.2, 0.25) is 5.76 Å². The fourth-order valence-electron chi connectivity index (χ4n) is 1.05. The van der Waals surface area contributed by atoms with Gasteiger partial charge in [0.1, 0.15) is 25.4 Å². The number of ether oxygens (including phenoxy) is 3. The van der Waals surface area contributed by atoms with Crippen LogP contribution >= 0.6 is 0 Å². The molecule has 0 N–H and O–H groups in total. The Bertz CT molecular complexity index is 425. The molecular weight excluding hydrogens is 210 g/mol. The average molecular weight is 219 g/mol. The molecule has 5 nitrogen and oxygen atoms in total. The summed E-state index contributed by atoms with van der Waals surface area (Å²) in [5, 5.41) is 0. The summed E-state index contributed by atoms with van der Waals surface area (Å²) in [5.41, 5.74) is 0.670. The van der Waals surface area contributed by atoms with Crippen molar-refractivity contribution < 1.29 is 19.0 Å². The quantitative estimate of drug-likeness (QED) is 0.721. The molecule has 0 atom stereocenters. The van der Waals surface area contributed by atoms with Crippen LogP contribution in [-0.4, -0.2) is 11.0 Å². The number of rotatable bonds is 3. The van der Waals surface area contributed by atoms with Crippen molar-refractivity contribution >= 4 is 5.97 Å². The summed E-state index contributed by atoms with van der Waals surface area (Å²) >= 11 is 0. The van der Waals surface area contributed by atoms with Crippen LogP contribution in [0.15, 0.2) is 48.9 Å². The summed E-state index contributed by atoms with van der Waals surface area (Å²) in [6.07, 6.45) is 5.39. The second kappa shape index (κ2) is 4.97. The SMILES string of the molecule is O=C(OCc1ccccn1)C1=COC=CO1. The molecule has 82 valence electrons. The second-order valence-electron chi connectivity index (χ2n) is 2.91. The number of esters is 1. The van der Waals surface area contributed by atoms with Gasteiger partial charge >= 0.3 is 5.97 Å². The fraction of sp³-hybridized carbons (Fsp3) is 0.0909. The van der Waals surface area contributed by atoms with Crippen molar-refractivity contribution in [2.45, 2.75) is 6.61 Å². The first-order valence-electron chi connectivity index (χ1n) is 4.60. The van der Waals surface area contributed by atoms with Crippen molar-refractivity contribution in [3.8, 4) is 0 Å².